The Balaban J connectivity index is 1.99. The van der Waals surface area contributed by atoms with Crippen molar-refractivity contribution in [1.82, 2.24) is 19.5 Å². The third-order valence-electron chi connectivity index (χ3n) is 3.65. The second-order valence-corrected chi connectivity index (χ2v) is 4.93. The van der Waals surface area contributed by atoms with E-state index in [1.807, 2.05) is 24.1 Å². The summed E-state index contributed by atoms with van der Waals surface area (Å²) in [6, 6.07) is 2.01. The van der Waals surface area contributed by atoms with Crippen LogP contribution in [-0.2, 0) is 0 Å². The molecule has 1 amide bonds. The molecule has 6 heteroatoms. The van der Waals surface area contributed by atoms with Gasteiger partial charge >= 0.3 is 0 Å². The number of hydrogen-bond donors (Lipinski definition) is 1. The molecule has 1 saturated heterocycles. The molecule has 1 atom stereocenters. The van der Waals surface area contributed by atoms with Gasteiger partial charge in [-0.2, -0.15) is 5.10 Å². The number of nitrogens with zero attached hydrogens (tertiary/aromatic N) is 4. The first kappa shape index (κ1) is 12.1. The van der Waals surface area contributed by atoms with Gasteiger partial charge in [0.2, 0.25) is 0 Å². The Morgan fingerprint density at radius 1 is 1.58 bits per heavy atom. The topological polar surface area (TPSA) is 76.5 Å². The lowest BCUT2D eigenvalue weighted by Crippen LogP contribution is -2.39. The Hall–Kier alpha value is -1.95. The van der Waals surface area contributed by atoms with Crippen LogP contribution in [0.4, 0.5) is 0 Å². The van der Waals surface area contributed by atoms with Gasteiger partial charge in [-0.05, 0) is 25.8 Å². The molecular formula is C13H17N5O. The first-order chi connectivity index (χ1) is 9.20. The average Bonchev–Trinajstić information content (AvgIpc) is 3.03. The Labute approximate surface area is 111 Å². The van der Waals surface area contributed by atoms with Gasteiger partial charge in [0.05, 0.1) is 6.20 Å². The van der Waals surface area contributed by atoms with Crippen LogP contribution >= 0.6 is 0 Å². The normalized spacial score (nSPS) is 19.3. The molecule has 3 heterocycles. The zero-order chi connectivity index (χ0) is 13.4. The predicted molar refractivity (Wildman–Crippen MR) is 70.8 cm³/mol. The Kier molecular flexibility index (Phi) is 2.94. The van der Waals surface area contributed by atoms with Gasteiger partial charge in [0, 0.05) is 31.0 Å². The molecule has 2 aromatic rings. The number of nitrogens with two attached hydrogens (primary N) is 1. The molecule has 19 heavy (non-hydrogen) atoms. The maximum atomic E-state index is 12.6. The van der Waals surface area contributed by atoms with E-state index in [9.17, 15) is 4.79 Å². The highest BCUT2D eigenvalue weighted by molar-refractivity contribution is 6.00. The Morgan fingerprint density at radius 3 is 3.21 bits per heavy atom. The minimum Gasteiger partial charge on any atom is -0.334 e. The summed E-state index contributed by atoms with van der Waals surface area (Å²) in [6.07, 6.45) is 5.40. The number of aryl methyl sites for hydroxylation is 1. The van der Waals surface area contributed by atoms with Crippen LogP contribution in [-0.4, -0.2) is 44.5 Å². The molecule has 0 saturated carbocycles. The molecule has 100 valence electrons. The number of carbonyl (C=O) groups is 1. The van der Waals surface area contributed by atoms with Gasteiger partial charge < -0.3 is 10.6 Å². The maximum absolute atomic E-state index is 12.6. The summed E-state index contributed by atoms with van der Waals surface area (Å²) in [5.41, 5.74) is 7.77. The van der Waals surface area contributed by atoms with Gasteiger partial charge in [-0.1, -0.05) is 0 Å². The summed E-state index contributed by atoms with van der Waals surface area (Å²) in [5.74, 6) is -0.0129. The van der Waals surface area contributed by atoms with Gasteiger partial charge in [0.25, 0.3) is 5.91 Å². The number of aromatic nitrogens is 3. The largest absolute Gasteiger partial charge is 0.334 e. The zero-order valence-corrected chi connectivity index (χ0v) is 10.9. The fourth-order valence-corrected chi connectivity index (χ4v) is 2.61. The van der Waals surface area contributed by atoms with Crippen molar-refractivity contribution in [1.29, 1.82) is 0 Å². The monoisotopic (exact) mass is 259 g/mol. The molecular weight excluding hydrogens is 242 g/mol. The molecule has 1 fully saturated rings. The van der Waals surface area contributed by atoms with E-state index in [1.54, 1.807) is 10.7 Å². The second-order valence-electron chi connectivity index (χ2n) is 4.93. The molecule has 0 aliphatic carbocycles. The SMILES string of the molecule is Cc1ccn2ncc(C(=O)N3CCCC3CN)c2n1. The lowest BCUT2D eigenvalue weighted by Gasteiger charge is -2.22. The van der Waals surface area contributed by atoms with Gasteiger partial charge in [-0.25, -0.2) is 9.50 Å². The van der Waals surface area contributed by atoms with E-state index in [2.05, 4.69) is 10.1 Å². The van der Waals surface area contributed by atoms with Crippen molar-refractivity contribution in [3.63, 3.8) is 0 Å². The number of hydrogen-bond acceptors (Lipinski definition) is 4. The third-order valence-corrected chi connectivity index (χ3v) is 3.65. The van der Waals surface area contributed by atoms with Crippen LogP contribution in [0.5, 0.6) is 0 Å². The lowest BCUT2D eigenvalue weighted by atomic mass is 10.2. The number of likely N-dealkylation sites (tertiary alicyclic amines) is 1. The molecule has 0 aromatic carbocycles. The van der Waals surface area contributed by atoms with E-state index in [0.717, 1.165) is 25.1 Å². The van der Waals surface area contributed by atoms with Crippen molar-refractivity contribution in [3.05, 3.63) is 29.7 Å². The Bertz CT molecular complexity index is 621. The molecule has 1 aliphatic heterocycles. The quantitative estimate of drug-likeness (QED) is 0.857. The number of carbonyl (C=O) groups excluding carboxylic acids is 1. The molecule has 2 aromatic heterocycles. The van der Waals surface area contributed by atoms with Crippen molar-refractivity contribution in [3.8, 4) is 0 Å². The van der Waals surface area contributed by atoms with E-state index in [4.69, 9.17) is 5.73 Å². The summed E-state index contributed by atoms with van der Waals surface area (Å²) in [7, 11) is 0. The smallest absolute Gasteiger partial charge is 0.259 e. The highest BCUT2D eigenvalue weighted by Gasteiger charge is 2.30. The number of amides is 1. The minimum absolute atomic E-state index is 0.0129. The van der Waals surface area contributed by atoms with Gasteiger partial charge in [-0.15, -0.1) is 0 Å². The molecule has 2 N–H and O–H groups in total. The number of fused-ring (bicyclic) bond motifs is 1. The summed E-state index contributed by atoms with van der Waals surface area (Å²) in [5, 5.41) is 4.18. The van der Waals surface area contributed by atoms with Crippen LogP contribution in [0, 0.1) is 6.92 Å². The highest BCUT2D eigenvalue weighted by atomic mass is 16.2. The first-order valence-electron chi connectivity index (χ1n) is 6.52. The van der Waals surface area contributed by atoms with Crippen LogP contribution < -0.4 is 5.73 Å². The van der Waals surface area contributed by atoms with Crippen molar-refractivity contribution >= 4 is 11.6 Å². The average molecular weight is 259 g/mol. The lowest BCUT2D eigenvalue weighted by molar-refractivity contribution is 0.0743. The standard InChI is InChI=1S/C13H17N5O/c1-9-4-6-18-12(16-9)11(8-15-18)13(19)17-5-2-3-10(17)7-14/h4,6,8,10H,2-3,5,7,14H2,1H3. The van der Waals surface area contributed by atoms with E-state index in [0.29, 0.717) is 17.8 Å². The molecule has 1 unspecified atom stereocenters. The van der Waals surface area contributed by atoms with Crippen molar-refractivity contribution in [2.45, 2.75) is 25.8 Å². The van der Waals surface area contributed by atoms with Crippen LogP contribution in [0.25, 0.3) is 5.65 Å². The van der Waals surface area contributed by atoms with Gasteiger partial charge in [0.1, 0.15) is 5.56 Å². The van der Waals surface area contributed by atoms with Gasteiger partial charge in [0.15, 0.2) is 5.65 Å². The van der Waals surface area contributed by atoms with E-state index in [1.165, 1.54) is 0 Å². The van der Waals surface area contributed by atoms with Crippen molar-refractivity contribution in [2.24, 2.45) is 5.73 Å². The van der Waals surface area contributed by atoms with Crippen molar-refractivity contribution < 1.29 is 4.79 Å². The van der Waals surface area contributed by atoms with Crippen LogP contribution in [0.2, 0.25) is 0 Å². The first-order valence-corrected chi connectivity index (χ1v) is 6.52. The van der Waals surface area contributed by atoms with E-state index in [-0.39, 0.29) is 11.9 Å². The summed E-state index contributed by atoms with van der Waals surface area (Å²) in [6.45, 7) is 3.18. The molecule has 0 radical (unpaired) electrons. The maximum Gasteiger partial charge on any atom is 0.259 e. The highest BCUT2D eigenvalue weighted by Crippen LogP contribution is 2.20. The molecule has 6 nitrogen and oxygen atoms in total. The van der Waals surface area contributed by atoms with Crippen LogP contribution in [0.3, 0.4) is 0 Å². The predicted octanol–water partition coefficient (Wildman–Crippen LogP) is 0.601. The van der Waals surface area contributed by atoms with Gasteiger partial charge in [-0.3, -0.25) is 4.79 Å². The molecule has 0 bridgehead atoms. The van der Waals surface area contributed by atoms with Crippen LogP contribution in [0.1, 0.15) is 28.9 Å². The van der Waals surface area contributed by atoms with E-state index >= 15 is 0 Å². The summed E-state index contributed by atoms with van der Waals surface area (Å²) < 4.78 is 1.63. The van der Waals surface area contributed by atoms with Crippen LogP contribution in [0.15, 0.2) is 18.5 Å². The fraction of sp³-hybridized carbons (Fsp3) is 0.462. The molecule has 1 aliphatic rings. The summed E-state index contributed by atoms with van der Waals surface area (Å²) >= 11 is 0. The molecule has 0 spiro atoms. The fourth-order valence-electron chi connectivity index (χ4n) is 2.61. The third kappa shape index (κ3) is 1.98. The zero-order valence-electron chi connectivity index (χ0n) is 10.9. The van der Waals surface area contributed by atoms with Crippen molar-refractivity contribution in [2.75, 3.05) is 13.1 Å². The minimum atomic E-state index is -0.0129. The Morgan fingerprint density at radius 2 is 2.42 bits per heavy atom. The second kappa shape index (κ2) is 4.62. The summed E-state index contributed by atoms with van der Waals surface area (Å²) in [4.78, 5) is 18.8. The van der Waals surface area contributed by atoms with E-state index < -0.39 is 0 Å². The molecule has 3 rings (SSSR count). The number of rotatable bonds is 2.